The van der Waals surface area contributed by atoms with Gasteiger partial charge >= 0.3 is 0 Å². The third-order valence-corrected chi connectivity index (χ3v) is 6.94. The molecule has 0 radical (unpaired) electrons. The molecule has 0 spiro atoms. The van der Waals surface area contributed by atoms with Gasteiger partial charge in [0.2, 0.25) is 0 Å². The minimum absolute atomic E-state index is 0.0773. The van der Waals surface area contributed by atoms with Gasteiger partial charge in [0.25, 0.3) is 0 Å². The molecule has 0 saturated carbocycles. The normalized spacial score (nSPS) is 15.2. The van der Waals surface area contributed by atoms with Crippen LogP contribution < -0.4 is 4.74 Å². The lowest BCUT2D eigenvalue weighted by molar-refractivity contribution is 0.414. The molecule has 0 saturated heterocycles. The van der Waals surface area contributed by atoms with Crippen molar-refractivity contribution in [1.29, 1.82) is 0 Å². The molecule has 0 N–H and O–H groups in total. The number of para-hydroxylation sites is 1. The van der Waals surface area contributed by atoms with Gasteiger partial charge in [0.15, 0.2) is 5.65 Å². The van der Waals surface area contributed by atoms with Crippen molar-refractivity contribution in [3.8, 4) is 22.7 Å². The molecule has 1 aliphatic rings. The number of thioether (sulfide) groups is 1. The van der Waals surface area contributed by atoms with Crippen molar-refractivity contribution in [2.24, 2.45) is 0 Å². The Morgan fingerprint density at radius 1 is 0.969 bits per heavy atom. The van der Waals surface area contributed by atoms with E-state index in [1.54, 1.807) is 19.2 Å². The highest BCUT2D eigenvalue weighted by atomic mass is 32.2. The highest BCUT2D eigenvalue weighted by Gasteiger charge is 2.32. The number of fused-ring (bicyclic) bond motifs is 3. The molecule has 5 aromatic rings. The van der Waals surface area contributed by atoms with Crippen molar-refractivity contribution >= 4 is 22.9 Å². The molecular weight excluding hydrogens is 423 g/mol. The van der Waals surface area contributed by atoms with Crippen molar-refractivity contribution in [3.63, 3.8) is 0 Å². The number of imidazole rings is 1. The fraction of sp³-hybridized carbons (Fsp3) is 0.120. The third-order valence-electron chi connectivity index (χ3n) is 5.71. The van der Waals surface area contributed by atoms with Crippen LogP contribution in [0.5, 0.6) is 5.75 Å². The van der Waals surface area contributed by atoms with Gasteiger partial charge in [0, 0.05) is 5.56 Å². The van der Waals surface area contributed by atoms with Gasteiger partial charge in [-0.25, -0.2) is 14.1 Å². The van der Waals surface area contributed by atoms with E-state index in [1.165, 1.54) is 17.7 Å². The number of hydrogen-bond acceptors (Lipinski definition) is 4. The predicted molar refractivity (Wildman–Crippen MR) is 125 cm³/mol. The van der Waals surface area contributed by atoms with E-state index < -0.39 is 0 Å². The molecule has 2 aromatic heterocycles. The van der Waals surface area contributed by atoms with Crippen molar-refractivity contribution in [2.45, 2.75) is 11.1 Å². The van der Waals surface area contributed by atoms with Crippen LogP contribution in [-0.4, -0.2) is 26.4 Å². The summed E-state index contributed by atoms with van der Waals surface area (Å²) in [6.07, 6.45) is 0. The van der Waals surface area contributed by atoms with Crippen LogP contribution in [0.15, 0.2) is 78.9 Å². The molecule has 1 unspecified atom stereocenters. The first-order valence-electron chi connectivity index (χ1n) is 10.3. The zero-order valence-electron chi connectivity index (χ0n) is 17.3. The number of rotatable bonds is 4. The average molecular weight is 443 g/mol. The van der Waals surface area contributed by atoms with E-state index in [1.807, 2.05) is 58.9 Å². The molecule has 5 nitrogen and oxygen atoms in total. The van der Waals surface area contributed by atoms with Crippen LogP contribution in [-0.2, 0) is 5.75 Å². The van der Waals surface area contributed by atoms with Gasteiger partial charge in [-0.05, 0) is 54.1 Å². The Hall–Kier alpha value is -3.58. The fourth-order valence-corrected chi connectivity index (χ4v) is 5.41. The van der Waals surface area contributed by atoms with Gasteiger partial charge in [-0.15, -0.1) is 11.8 Å². The van der Waals surface area contributed by atoms with Crippen LogP contribution in [0.4, 0.5) is 4.39 Å². The molecule has 32 heavy (non-hydrogen) atoms. The average Bonchev–Trinajstić information content (AvgIpc) is 3.51. The van der Waals surface area contributed by atoms with Gasteiger partial charge in [-0.2, -0.15) is 5.10 Å². The first kappa shape index (κ1) is 19.1. The first-order valence-corrected chi connectivity index (χ1v) is 11.3. The van der Waals surface area contributed by atoms with Gasteiger partial charge in [0.1, 0.15) is 34.0 Å². The fourth-order valence-electron chi connectivity index (χ4n) is 4.18. The Labute approximate surface area is 188 Å². The smallest absolute Gasteiger partial charge is 0.182 e. The molecule has 1 aliphatic heterocycles. The van der Waals surface area contributed by atoms with E-state index in [9.17, 15) is 4.39 Å². The summed E-state index contributed by atoms with van der Waals surface area (Å²) in [5.41, 5.74) is 5.54. The van der Waals surface area contributed by atoms with Gasteiger partial charge < -0.3 is 9.30 Å². The second-order valence-electron chi connectivity index (χ2n) is 7.61. The van der Waals surface area contributed by atoms with Crippen LogP contribution in [0.2, 0.25) is 0 Å². The van der Waals surface area contributed by atoms with Crippen LogP contribution >= 0.6 is 11.8 Å². The summed E-state index contributed by atoms with van der Waals surface area (Å²) in [5, 5.41) is 5.01. The number of halogens is 1. The van der Waals surface area contributed by atoms with Crippen LogP contribution in [0, 0.1) is 5.82 Å². The predicted octanol–water partition coefficient (Wildman–Crippen LogP) is 5.83. The second kappa shape index (κ2) is 7.53. The van der Waals surface area contributed by atoms with Gasteiger partial charge in [0.05, 0.1) is 18.6 Å². The Kier molecular flexibility index (Phi) is 4.50. The molecule has 0 fully saturated rings. The lowest BCUT2D eigenvalue weighted by Crippen LogP contribution is -2.04. The minimum Gasteiger partial charge on any atom is -0.497 e. The zero-order chi connectivity index (χ0) is 21.7. The largest absolute Gasteiger partial charge is 0.497 e. The monoisotopic (exact) mass is 442 g/mol. The molecule has 158 valence electrons. The van der Waals surface area contributed by atoms with Crippen LogP contribution in [0.1, 0.15) is 16.8 Å². The van der Waals surface area contributed by atoms with Crippen molar-refractivity contribution in [2.75, 3.05) is 7.11 Å². The third kappa shape index (κ3) is 3.00. The summed E-state index contributed by atoms with van der Waals surface area (Å²) in [6.45, 7) is 0. The Morgan fingerprint density at radius 3 is 2.44 bits per heavy atom. The number of aromatic nitrogens is 4. The molecule has 6 rings (SSSR count). The second-order valence-corrected chi connectivity index (χ2v) is 8.68. The Bertz CT molecular complexity index is 1410. The molecule has 0 aliphatic carbocycles. The van der Waals surface area contributed by atoms with E-state index in [-0.39, 0.29) is 11.2 Å². The summed E-state index contributed by atoms with van der Waals surface area (Å²) in [4.78, 5) is 4.99. The number of benzene rings is 3. The molecule has 3 heterocycles. The standard InChI is InChI=1S/C25H19FN4OS/c1-31-20-13-9-17(10-14-20)25-29-21(15-32-25)27-24-23(29)22(16-7-11-18(26)12-8-16)28-30(24)19-5-3-2-4-6-19/h2-14,25H,15H2,1H3. The quantitative estimate of drug-likeness (QED) is 0.351. The maximum Gasteiger partial charge on any atom is 0.182 e. The highest BCUT2D eigenvalue weighted by Crippen LogP contribution is 2.45. The zero-order valence-corrected chi connectivity index (χ0v) is 18.1. The summed E-state index contributed by atoms with van der Waals surface area (Å²) in [7, 11) is 1.67. The van der Waals surface area contributed by atoms with Crippen LogP contribution in [0.3, 0.4) is 0 Å². The number of hydrogen-bond donors (Lipinski definition) is 0. The number of ether oxygens (including phenoxy) is 1. The van der Waals surface area contributed by atoms with Crippen molar-refractivity contribution in [3.05, 3.63) is 96.1 Å². The molecule has 7 heteroatoms. The summed E-state index contributed by atoms with van der Waals surface area (Å²) in [6, 6.07) is 24.6. The van der Waals surface area contributed by atoms with Crippen LogP contribution in [0.25, 0.3) is 28.1 Å². The van der Waals surface area contributed by atoms with E-state index >= 15 is 0 Å². The SMILES string of the molecule is COc1ccc(C2SCc3nc4c(c(-c5ccc(F)cc5)nn4-c4ccccc4)n32)cc1. The Morgan fingerprint density at radius 2 is 1.72 bits per heavy atom. The molecular formula is C25H19FN4OS. The van der Waals surface area contributed by atoms with Crippen molar-refractivity contribution in [1.82, 2.24) is 19.3 Å². The van der Waals surface area contributed by atoms with E-state index in [2.05, 4.69) is 16.7 Å². The van der Waals surface area contributed by atoms with E-state index in [4.69, 9.17) is 14.8 Å². The maximum atomic E-state index is 13.6. The van der Waals surface area contributed by atoms with Crippen molar-refractivity contribution < 1.29 is 9.13 Å². The topological polar surface area (TPSA) is 44.9 Å². The summed E-state index contributed by atoms with van der Waals surface area (Å²) >= 11 is 1.83. The number of nitrogens with zero attached hydrogens (tertiary/aromatic N) is 4. The Balaban J connectivity index is 1.59. The van der Waals surface area contributed by atoms with E-state index in [0.29, 0.717) is 0 Å². The highest BCUT2D eigenvalue weighted by molar-refractivity contribution is 7.99. The summed E-state index contributed by atoms with van der Waals surface area (Å²) < 4.78 is 23.1. The molecule has 3 aromatic carbocycles. The minimum atomic E-state index is -0.266. The first-order chi connectivity index (χ1) is 15.7. The molecule has 0 bridgehead atoms. The number of methoxy groups -OCH3 is 1. The maximum absolute atomic E-state index is 13.6. The lowest BCUT2D eigenvalue weighted by Gasteiger charge is -2.14. The van der Waals surface area contributed by atoms with Gasteiger partial charge in [-0.1, -0.05) is 30.3 Å². The summed E-state index contributed by atoms with van der Waals surface area (Å²) in [5.74, 6) is 2.38. The van der Waals surface area contributed by atoms with Gasteiger partial charge in [-0.3, -0.25) is 0 Å². The molecule has 1 atom stereocenters. The molecule has 0 amide bonds. The lowest BCUT2D eigenvalue weighted by atomic mass is 10.1. The van der Waals surface area contributed by atoms with E-state index in [0.717, 1.165) is 45.4 Å².